The molecule has 0 aliphatic rings. The first-order chi connectivity index (χ1) is 6.78. The zero-order valence-electron chi connectivity index (χ0n) is 7.68. The van der Waals surface area contributed by atoms with Gasteiger partial charge in [0.1, 0.15) is 11.5 Å². The fourth-order valence-electron chi connectivity index (χ4n) is 1.21. The smallest absolute Gasteiger partial charge is 0.126 e. The minimum absolute atomic E-state index is 0.588. The zero-order valence-corrected chi connectivity index (χ0v) is 7.68. The summed E-state index contributed by atoms with van der Waals surface area (Å²) in [5.41, 5.74) is 6.19. The monoisotopic (exact) mass is 189 g/mol. The van der Waals surface area contributed by atoms with Crippen LogP contribution in [0.5, 0.6) is 0 Å². The lowest BCUT2D eigenvalue weighted by molar-refractivity contribution is 0.474. The highest BCUT2D eigenvalue weighted by Gasteiger charge is 2.01. The molecular formula is C10H11N3O. The van der Waals surface area contributed by atoms with Crippen molar-refractivity contribution in [1.29, 1.82) is 0 Å². The molecule has 0 saturated carbocycles. The topological polar surface area (TPSA) is 57.0 Å². The third-order valence-corrected chi connectivity index (χ3v) is 1.85. The van der Waals surface area contributed by atoms with Crippen LogP contribution in [0.15, 0.2) is 35.5 Å². The molecule has 0 spiro atoms. The molecule has 0 aromatic carbocycles. The van der Waals surface area contributed by atoms with Crippen molar-refractivity contribution >= 4 is 11.8 Å². The summed E-state index contributed by atoms with van der Waals surface area (Å²) in [6.45, 7) is 4.21. The maximum absolute atomic E-state index is 5.53. The first-order valence-corrected chi connectivity index (χ1v) is 4.27. The average molecular weight is 189 g/mol. The maximum Gasteiger partial charge on any atom is 0.126 e. The Morgan fingerprint density at radius 3 is 3.00 bits per heavy atom. The molecule has 0 saturated heterocycles. The SMILES string of the molecule is C=Cc1ccc(Cn2cc(N)cn2)o1. The van der Waals surface area contributed by atoms with Gasteiger partial charge in [0.25, 0.3) is 0 Å². The van der Waals surface area contributed by atoms with Gasteiger partial charge in [-0.1, -0.05) is 6.58 Å². The molecule has 14 heavy (non-hydrogen) atoms. The van der Waals surface area contributed by atoms with E-state index >= 15 is 0 Å². The molecule has 0 unspecified atom stereocenters. The van der Waals surface area contributed by atoms with Crippen LogP contribution in [0, 0.1) is 0 Å². The largest absolute Gasteiger partial charge is 0.460 e. The fraction of sp³-hybridized carbons (Fsp3) is 0.100. The van der Waals surface area contributed by atoms with Gasteiger partial charge < -0.3 is 10.2 Å². The molecule has 2 N–H and O–H groups in total. The predicted molar refractivity (Wildman–Crippen MR) is 54.5 cm³/mol. The number of aromatic nitrogens is 2. The normalized spacial score (nSPS) is 10.3. The molecule has 0 bridgehead atoms. The summed E-state index contributed by atoms with van der Waals surface area (Å²) in [6.07, 6.45) is 5.04. The van der Waals surface area contributed by atoms with Crippen LogP contribution in [0.4, 0.5) is 5.69 Å². The van der Waals surface area contributed by atoms with E-state index in [1.807, 2.05) is 12.1 Å². The van der Waals surface area contributed by atoms with Gasteiger partial charge in [-0.05, 0) is 18.2 Å². The average Bonchev–Trinajstić information content (AvgIpc) is 2.76. The minimum Gasteiger partial charge on any atom is -0.460 e. The molecule has 0 aliphatic carbocycles. The first kappa shape index (κ1) is 8.62. The van der Waals surface area contributed by atoms with E-state index in [1.54, 1.807) is 23.2 Å². The molecule has 0 fully saturated rings. The molecule has 4 heteroatoms. The van der Waals surface area contributed by atoms with Gasteiger partial charge in [0, 0.05) is 6.20 Å². The second kappa shape index (κ2) is 3.41. The molecule has 0 radical (unpaired) electrons. The van der Waals surface area contributed by atoms with Crippen molar-refractivity contribution in [2.75, 3.05) is 5.73 Å². The van der Waals surface area contributed by atoms with Crippen molar-refractivity contribution in [3.8, 4) is 0 Å². The van der Waals surface area contributed by atoms with Crippen molar-refractivity contribution < 1.29 is 4.42 Å². The number of hydrogen-bond donors (Lipinski definition) is 1. The molecular weight excluding hydrogens is 178 g/mol. The Balaban J connectivity index is 2.14. The Bertz CT molecular complexity index is 442. The standard InChI is InChI=1S/C10H11N3O/c1-2-9-3-4-10(14-9)7-13-6-8(11)5-12-13/h2-6H,1,7,11H2. The highest BCUT2D eigenvalue weighted by Crippen LogP contribution is 2.10. The van der Waals surface area contributed by atoms with E-state index in [0.29, 0.717) is 12.2 Å². The fourth-order valence-corrected chi connectivity index (χ4v) is 1.21. The number of hydrogen-bond acceptors (Lipinski definition) is 3. The lowest BCUT2D eigenvalue weighted by Gasteiger charge is -1.96. The Morgan fingerprint density at radius 1 is 1.57 bits per heavy atom. The number of anilines is 1. The van der Waals surface area contributed by atoms with Gasteiger partial charge in [-0.2, -0.15) is 5.10 Å². The summed E-state index contributed by atoms with van der Waals surface area (Å²) in [5.74, 6) is 1.60. The van der Waals surface area contributed by atoms with Crippen LogP contribution in [0.1, 0.15) is 11.5 Å². The molecule has 0 aliphatic heterocycles. The molecule has 0 amide bonds. The molecule has 2 aromatic heterocycles. The lowest BCUT2D eigenvalue weighted by atomic mass is 10.4. The van der Waals surface area contributed by atoms with Gasteiger partial charge >= 0.3 is 0 Å². The summed E-state index contributed by atoms with van der Waals surface area (Å²) in [7, 11) is 0. The molecule has 4 nitrogen and oxygen atoms in total. The Hall–Kier alpha value is -1.97. The number of nitrogens with two attached hydrogens (primary N) is 1. The third kappa shape index (κ3) is 1.69. The number of rotatable bonds is 3. The molecule has 0 atom stereocenters. The van der Waals surface area contributed by atoms with Gasteiger partial charge in [0.2, 0.25) is 0 Å². The number of nitrogen functional groups attached to an aromatic ring is 1. The van der Waals surface area contributed by atoms with Crippen molar-refractivity contribution in [3.05, 3.63) is 42.6 Å². The highest BCUT2D eigenvalue weighted by atomic mass is 16.3. The third-order valence-electron chi connectivity index (χ3n) is 1.85. The summed E-state index contributed by atoms with van der Waals surface area (Å²) < 4.78 is 7.15. The van der Waals surface area contributed by atoms with Crippen LogP contribution in [0.25, 0.3) is 6.08 Å². The number of furan rings is 1. The van der Waals surface area contributed by atoms with Crippen LogP contribution in [0.3, 0.4) is 0 Å². The van der Waals surface area contributed by atoms with Gasteiger partial charge in [-0.25, -0.2) is 0 Å². The van der Waals surface area contributed by atoms with E-state index in [1.165, 1.54) is 0 Å². The molecule has 2 heterocycles. The second-order valence-corrected chi connectivity index (χ2v) is 2.98. The van der Waals surface area contributed by atoms with Crippen LogP contribution < -0.4 is 5.73 Å². The first-order valence-electron chi connectivity index (χ1n) is 4.27. The summed E-state index contributed by atoms with van der Waals surface area (Å²) in [4.78, 5) is 0. The summed E-state index contributed by atoms with van der Waals surface area (Å²) >= 11 is 0. The van der Waals surface area contributed by atoms with E-state index in [0.717, 1.165) is 11.5 Å². The predicted octanol–water partition coefficient (Wildman–Crippen LogP) is 1.75. The zero-order chi connectivity index (χ0) is 9.97. The van der Waals surface area contributed by atoms with Crippen molar-refractivity contribution in [2.45, 2.75) is 6.54 Å². The van der Waals surface area contributed by atoms with E-state index < -0.39 is 0 Å². The summed E-state index contributed by atoms with van der Waals surface area (Å²) in [6, 6.07) is 3.77. The van der Waals surface area contributed by atoms with Crippen LogP contribution in [-0.4, -0.2) is 9.78 Å². The van der Waals surface area contributed by atoms with Crippen molar-refractivity contribution in [2.24, 2.45) is 0 Å². The van der Waals surface area contributed by atoms with Crippen LogP contribution >= 0.6 is 0 Å². The Kier molecular flexibility index (Phi) is 2.10. The second-order valence-electron chi connectivity index (χ2n) is 2.98. The highest BCUT2D eigenvalue weighted by molar-refractivity contribution is 5.39. The van der Waals surface area contributed by atoms with Gasteiger partial charge in [0.15, 0.2) is 0 Å². The summed E-state index contributed by atoms with van der Waals surface area (Å²) in [5, 5.41) is 4.05. The maximum atomic E-state index is 5.53. The Morgan fingerprint density at radius 2 is 2.43 bits per heavy atom. The molecule has 72 valence electrons. The minimum atomic E-state index is 0.588. The van der Waals surface area contributed by atoms with E-state index in [4.69, 9.17) is 10.2 Å². The van der Waals surface area contributed by atoms with Gasteiger partial charge in [-0.15, -0.1) is 0 Å². The van der Waals surface area contributed by atoms with E-state index in [9.17, 15) is 0 Å². The number of nitrogens with zero attached hydrogens (tertiary/aromatic N) is 2. The van der Waals surface area contributed by atoms with Gasteiger partial charge in [0.05, 0.1) is 18.4 Å². The molecule has 2 aromatic rings. The van der Waals surface area contributed by atoms with E-state index in [2.05, 4.69) is 11.7 Å². The Labute approximate surface area is 81.6 Å². The van der Waals surface area contributed by atoms with Crippen LogP contribution in [-0.2, 0) is 6.54 Å². The molecule has 2 rings (SSSR count). The van der Waals surface area contributed by atoms with E-state index in [-0.39, 0.29) is 0 Å². The quantitative estimate of drug-likeness (QED) is 0.800. The van der Waals surface area contributed by atoms with Gasteiger partial charge in [-0.3, -0.25) is 4.68 Å². The van der Waals surface area contributed by atoms with Crippen molar-refractivity contribution in [1.82, 2.24) is 9.78 Å². The van der Waals surface area contributed by atoms with Crippen LogP contribution in [0.2, 0.25) is 0 Å². The lowest BCUT2D eigenvalue weighted by Crippen LogP contribution is -1.98. The van der Waals surface area contributed by atoms with Crippen molar-refractivity contribution in [3.63, 3.8) is 0 Å².